The number of ketones is 1. The van der Waals surface area contributed by atoms with Crippen LogP contribution in [0.2, 0.25) is 0 Å². The molecule has 0 saturated heterocycles. The van der Waals surface area contributed by atoms with Crippen LogP contribution in [0.1, 0.15) is 36.7 Å². The van der Waals surface area contributed by atoms with Crippen molar-refractivity contribution in [2.45, 2.75) is 32.4 Å². The van der Waals surface area contributed by atoms with E-state index in [1.807, 2.05) is 39.0 Å². The summed E-state index contributed by atoms with van der Waals surface area (Å²) in [5.41, 5.74) is 0.927. The van der Waals surface area contributed by atoms with E-state index in [1.165, 1.54) is 0 Å². The molecule has 0 aliphatic rings. The topological polar surface area (TPSA) is 67.8 Å². The third-order valence-electron chi connectivity index (χ3n) is 3.77. The molecule has 5 nitrogen and oxygen atoms in total. The molecular weight excluding hydrogens is 366 g/mol. The standard InChI is InChI=1S/C21H27NO4.ClH/c1-21(2,3)22-13-16(23)14-26-19-12-17(25-4)10-11-18(19)20(24)15-8-6-5-7-9-15;/h5-12,16,22-23H,13-14H2,1-4H3;1H. The van der Waals surface area contributed by atoms with Gasteiger partial charge in [0.05, 0.1) is 12.7 Å². The number of carbonyl (C=O) groups is 1. The lowest BCUT2D eigenvalue weighted by Crippen LogP contribution is -2.42. The second-order valence-corrected chi connectivity index (χ2v) is 7.15. The quantitative estimate of drug-likeness (QED) is 0.672. The van der Waals surface area contributed by atoms with Gasteiger partial charge in [-0.2, -0.15) is 0 Å². The number of ether oxygens (including phenoxy) is 2. The van der Waals surface area contributed by atoms with Crippen molar-refractivity contribution >= 4 is 18.2 Å². The van der Waals surface area contributed by atoms with Crippen molar-refractivity contribution in [3.05, 3.63) is 59.7 Å². The first-order valence-electron chi connectivity index (χ1n) is 8.64. The van der Waals surface area contributed by atoms with Crippen molar-refractivity contribution in [1.82, 2.24) is 5.32 Å². The highest BCUT2D eigenvalue weighted by molar-refractivity contribution is 6.10. The summed E-state index contributed by atoms with van der Waals surface area (Å²) in [5.74, 6) is 0.852. The first-order valence-corrected chi connectivity index (χ1v) is 8.64. The van der Waals surface area contributed by atoms with E-state index in [-0.39, 0.29) is 30.3 Å². The van der Waals surface area contributed by atoms with Crippen LogP contribution in [-0.2, 0) is 0 Å². The largest absolute Gasteiger partial charge is 0.497 e. The highest BCUT2D eigenvalue weighted by Gasteiger charge is 2.18. The minimum Gasteiger partial charge on any atom is -0.497 e. The van der Waals surface area contributed by atoms with Crippen LogP contribution in [0.4, 0.5) is 0 Å². The van der Waals surface area contributed by atoms with Gasteiger partial charge in [0.2, 0.25) is 0 Å². The Morgan fingerprint density at radius 2 is 1.81 bits per heavy atom. The molecule has 6 heteroatoms. The fourth-order valence-electron chi connectivity index (χ4n) is 2.35. The van der Waals surface area contributed by atoms with Crippen LogP contribution in [0.25, 0.3) is 0 Å². The summed E-state index contributed by atoms with van der Waals surface area (Å²) in [5, 5.41) is 13.4. The monoisotopic (exact) mass is 393 g/mol. The van der Waals surface area contributed by atoms with E-state index in [0.29, 0.717) is 29.2 Å². The van der Waals surface area contributed by atoms with Gasteiger partial charge in [-0.3, -0.25) is 4.79 Å². The first kappa shape index (κ1) is 23.0. The van der Waals surface area contributed by atoms with Gasteiger partial charge in [0, 0.05) is 23.7 Å². The van der Waals surface area contributed by atoms with Gasteiger partial charge >= 0.3 is 0 Å². The zero-order valence-corrected chi connectivity index (χ0v) is 17.0. The molecule has 0 fully saturated rings. The number of rotatable bonds is 8. The van der Waals surface area contributed by atoms with Gasteiger partial charge in [-0.1, -0.05) is 30.3 Å². The van der Waals surface area contributed by atoms with Gasteiger partial charge in [0.15, 0.2) is 5.78 Å². The molecule has 0 aliphatic heterocycles. The molecule has 2 N–H and O–H groups in total. The van der Waals surface area contributed by atoms with Crippen LogP contribution in [0.5, 0.6) is 11.5 Å². The lowest BCUT2D eigenvalue weighted by molar-refractivity contribution is 0.0958. The molecule has 0 saturated carbocycles. The zero-order chi connectivity index (χ0) is 19.2. The van der Waals surface area contributed by atoms with Crippen LogP contribution >= 0.6 is 12.4 Å². The number of β-amino-alcohol motifs (C(OH)–C–C–N with tert-alkyl or cyclic N) is 1. The van der Waals surface area contributed by atoms with Gasteiger partial charge in [-0.25, -0.2) is 0 Å². The highest BCUT2D eigenvalue weighted by atomic mass is 35.5. The smallest absolute Gasteiger partial charge is 0.196 e. The second-order valence-electron chi connectivity index (χ2n) is 7.15. The molecule has 0 spiro atoms. The third kappa shape index (κ3) is 7.21. The normalized spacial score (nSPS) is 12.0. The Kier molecular flexibility index (Phi) is 8.76. The minimum absolute atomic E-state index is 0. The summed E-state index contributed by atoms with van der Waals surface area (Å²) < 4.78 is 11.0. The van der Waals surface area contributed by atoms with E-state index in [0.717, 1.165) is 0 Å². The summed E-state index contributed by atoms with van der Waals surface area (Å²) in [7, 11) is 1.56. The molecule has 148 valence electrons. The average molecular weight is 394 g/mol. The van der Waals surface area contributed by atoms with Gasteiger partial charge < -0.3 is 19.9 Å². The van der Waals surface area contributed by atoms with Gasteiger partial charge in [-0.05, 0) is 32.9 Å². The third-order valence-corrected chi connectivity index (χ3v) is 3.77. The predicted molar refractivity (Wildman–Crippen MR) is 109 cm³/mol. The molecule has 27 heavy (non-hydrogen) atoms. The summed E-state index contributed by atoms with van der Waals surface area (Å²) in [4.78, 5) is 12.8. The lowest BCUT2D eigenvalue weighted by Gasteiger charge is -2.23. The molecule has 2 aromatic carbocycles. The Labute approximate surface area is 167 Å². The lowest BCUT2D eigenvalue weighted by atomic mass is 10.0. The summed E-state index contributed by atoms with van der Waals surface area (Å²) in [6.07, 6.45) is -0.694. The summed E-state index contributed by atoms with van der Waals surface area (Å²) in [6.45, 7) is 6.55. The van der Waals surface area contributed by atoms with E-state index in [1.54, 1.807) is 37.4 Å². The summed E-state index contributed by atoms with van der Waals surface area (Å²) >= 11 is 0. The molecule has 0 heterocycles. The average Bonchev–Trinajstić information content (AvgIpc) is 2.64. The number of aliphatic hydroxyl groups excluding tert-OH is 1. The van der Waals surface area contributed by atoms with Crippen LogP contribution in [0.15, 0.2) is 48.5 Å². The molecule has 2 aromatic rings. The second kappa shape index (κ2) is 10.3. The van der Waals surface area contributed by atoms with E-state index in [9.17, 15) is 9.90 Å². The maximum atomic E-state index is 12.8. The maximum absolute atomic E-state index is 12.8. The van der Waals surface area contributed by atoms with Crippen LogP contribution in [0.3, 0.4) is 0 Å². The summed E-state index contributed by atoms with van der Waals surface area (Å²) in [6, 6.07) is 14.1. The minimum atomic E-state index is -0.694. The predicted octanol–water partition coefficient (Wildman–Crippen LogP) is 3.48. The van der Waals surface area contributed by atoms with Crippen LogP contribution in [-0.4, -0.2) is 42.8 Å². The molecule has 0 bridgehead atoms. The highest BCUT2D eigenvalue weighted by Crippen LogP contribution is 2.27. The van der Waals surface area contributed by atoms with Crippen molar-refractivity contribution < 1.29 is 19.4 Å². The number of benzene rings is 2. The first-order chi connectivity index (χ1) is 12.3. The molecule has 1 unspecified atom stereocenters. The number of hydrogen-bond acceptors (Lipinski definition) is 5. The molecule has 0 aliphatic carbocycles. The Morgan fingerprint density at radius 1 is 1.15 bits per heavy atom. The van der Waals surface area contributed by atoms with E-state index < -0.39 is 6.10 Å². The Morgan fingerprint density at radius 3 is 2.41 bits per heavy atom. The molecule has 0 amide bonds. The van der Waals surface area contributed by atoms with Gasteiger partial charge in [-0.15, -0.1) is 12.4 Å². The Bertz CT molecular complexity index is 729. The molecule has 1 atom stereocenters. The number of hydrogen-bond donors (Lipinski definition) is 2. The number of carbonyl (C=O) groups excluding carboxylic acids is 1. The van der Waals surface area contributed by atoms with Crippen molar-refractivity contribution in [2.75, 3.05) is 20.3 Å². The molecule has 0 aromatic heterocycles. The fraction of sp³-hybridized carbons (Fsp3) is 0.381. The van der Waals surface area contributed by atoms with E-state index in [4.69, 9.17) is 9.47 Å². The van der Waals surface area contributed by atoms with Crippen molar-refractivity contribution in [2.24, 2.45) is 0 Å². The number of halogens is 1. The van der Waals surface area contributed by atoms with Crippen LogP contribution < -0.4 is 14.8 Å². The Hall–Kier alpha value is -2.08. The maximum Gasteiger partial charge on any atom is 0.196 e. The fourth-order valence-corrected chi connectivity index (χ4v) is 2.35. The molecular formula is C21H28ClNO4. The Balaban J connectivity index is 0.00000364. The SMILES string of the molecule is COc1ccc(C(=O)c2ccccc2)c(OCC(O)CNC(C)(C)C)c1.Cl. The van der Waals surface area contributed by atoms with E-state index >= 15 is 0 Å². The molecule has 0 radical (unpaired) electrons. The van der Waals surface area contributed by atoms with E-state index in [2.05, 4.69) is 5.32 Å². The number of nitrogens with one attached hydrogen (secondary N) is 1. The van der Waals surface area contributed by atoms with Crippen molar-refractivity contribution in [3.8, 4) is 11.5 Å². The van der Waals surface area contributed by atoms with Crippen LogP contribution in [0, 0.1) is 0 Å². The molecule has 2 rings (SSSR count). The van der Waals surface area contributed by atoms with Gasteiger partial charge in [0.1, 0.15) is 24.2 Å². The zero-order valence-electron chi connectivity index (χ0n) is 16.2. The van der Waals surface area contributed by atoms with Crippen molar-refractivity contribution in [1.29, 1.82) is 0 Å². The number of aliphatic hydroxyl groups is 1. The number of methoxy groups -OCH3 is 1. The van der Waals surface area contributed by atoms with Crippen molar-refractivity contribution in [3.63, 3.8) is 0 Å². The van der Waals surface area contributed by atoms with Gasteiger partial charge in [0.25, 0.3) is 0 Å².